The largest absolute Gasteiger partial charge is 0.463 e. The molecular formula is C38H60O18. The van der Waals surface area contributed by atoms with E-state index in [-0.39, 0.29) is 6.61 Å². The summed E-state index contributed by atoms with van der Waals surface area (Å²) < 4.78 is 62.9. The van der Waals surface area contributed by atoms with Gasteiger partial charge in [-0.1, -0.05) is 64.7 Å². The maximum Gasteiger partial charge on any atom is 0.303 e. The number of carbonyl (C=O) groups excluding carboxylic acids is 7. The highest BCUT2D eigenvalue weighted by Crippen LogP contribution is 2.35. The molecule has 2 aliphatic heterocycles. The first-order valence-corrected chi connectivity index (χ1v) is 19.2. The van der Waals surface area contributed by atoms with Crippen LogP contribution in [0.3, 0.4) is 0 Å². The highest BCUT2D eigenvalue weighted by atomic mass is 16.8. The molecule has 0 aromatic rings. The highest BCUT2D eigenvalue weighted by molar-refractivity contribution is 5.69. The van der Waals surface area contributed by atoms with Crippen molar-refractivity contribution in [1.29, 1.82) is 0 Å². The van der Waals surface area contributed by atoms with E-state index in [1.54, 1.807) is 0 Å². The lowest BCUT2D eigenvalue weighted by molar-refractivity contribution is -0.361. The van der Waals surface area contributed by atoms with Crippen LogP contribution in [0.2, 0.25) is 0 Å². The SMILES string of the molecule is CCCCCCCCCCCCOC1OC(COC(C)=O)[C@@H](OC2OC(COC(C)=O)[C@H](OC(C)=O)C(OC(C)=O)[C@H]2OC(C)=O)C(OC(C)=O)[C@@H]1OC(C)=O. The number of rotatable bonds is 23. The van der Waals surface area contributed by atoms with Gasteiger partial charge in [-0.3, -0.25) is 33.6 Å². The van der Waals surface area contributed by atoms with Crippen LogP contribution in [0.25, 0.3) is 0 Å². The molecule has 0 bridgehead atoms. The first-order chi connectivity index (χ1) is 26.5. The fourth-order valence-electron chi connectivity index (χ4n) is 6.40. The Morgan fingerprint density at radius 3 is 1.21 bits per heavy atom. The van der Waals surface area contributed by atoms with E-state index in [1.165, 1.54) is 32.1 Å². The Hall–Kier alpha value is -3.87. The Bertz CT molecular complexity index is 1290. The van der Waals surface area contributed by atoms with E-state index in [4.69, 9.17) is 52.1 Å². The van der Waals surface area contributed by atoms with Crippen molar-refractivity contribution in [3.8, 4) is 0 Å². The molecule has 0 N–H and O–H groups in total. The summed E-state index contributed by atoms with van der Waals surface area (Å²) in [5.41, 5.74) is 0. The van der Waals surface area contributed by atoms with Gasteiger partial charge in [0.2, 0.25) is 0 Å². The molecule has 2 saturated heterocycles. The molecule has 56 heavy (non-hydrogen) atoms. The Morgan fingerprint density at radius 2 is 0.768 bits per heavy atom. The minimum absolute atomic E-state index is 0.178. The first kappa shape index (κ1) is 48.3. The summed E-state index contributed by atoms with van der Waals surface area (Å²) in [5.74, 6) is -5.65. The number of hydrogen-bond acceptors (Lipinski definition) is 18. The van der Waals surface area contributed by atoms with E-state index < -0.39 is 116 Å². The third-order valence-corrected chi connectivity index (χ3v) is 8.67. The first-order valence-electron chi connectivity index (χ1n) is 19.2. The van der Waals surface area contributed by atoms with E-state index in [1.807, 2.05) is 0 Å². The predicted molar refractivity (Wildman–Crippen MR) is 191 cm³/mol. The molecule has 10 atom stereocenters. The molecular weight excluding hydrogens is 744 g/mol. The van der Waals surface area contributed by atoms with Crippen molar-refractivity contribution in [3.05, 3.63) is 0 Å². The van der Waals surface area contributed by atoms with Gasteiger partial charge in [0.05, 0.1) is 0 Å². The molecule has 2 aliphatic rings. The van der Waals surface area contributed by atoms with Crippen LogP contribution in [-0.2, 0) is 85.7 Å². The zero-order valence-corrected chi connectivity index (χ0v) is 33.8. The van der Waals surface area contributed by atoms with Gasteiger partial charge in [-0.15, -0.1) is 0 Å². The quantitative estimate of drug-likeness (QED) is 0.0819. The van der Waals surface area contributed by atoms with Crippen LogP contribution in [0.5, 0.6) is 0 Å². The smallest absolute Gasteiger partial charge is 0.303 e. The molecule has 2 heterocycles. The van der Waals surface area contributed by atoms with Crippen molar-refractivity contribution < 1.29 is 85.7 Å². The summed E-state index contributed by atoms with van der Waals surface area (Å²) in [5, 5.41) is 0. The van der Waals surface area contributed by atoms with Gasteiger partial charge in [0.25, 0.3) is 0 Å². The van der Waals surface area contributed by atoms with Crippen LogP contribution >= 0.6 is 0 Å². The molecule has 6 unspecified atom stereocenters. The second kappa shape index (κ2) is 25.4. The fourth-order valence-corrected chi connectivity index (χ4v) is 6.40. The van der Waals surface area contributed by atoms with Gasteiger partial charge in [0.1, 0.15) is 31.5 Å². The molecule has 0 aliphatic carbocycles. The Morgan fingerprint density at radius 1 is 0.411 bits per heavy atom. The van der Waals surface area contributed by atoms with Crippen molar-refractivity contribution in [3.63, 3.8) is 0 Å². The monoisotopic (exact) mass is 804 g/mol. The van der Waals surface area contributed by atoms with Crippen LogP contribution in [0.4, 0.5) is 0 Å². The second-order valence-electron chi connectivity index (χ2n) is 13.7. The minimum atomic E-state index is -1.76. The van der Waals surface area contributed by atoms with Gasteiger partial charge in [-0.25, -0.2) is 0 Å². The summed E-state index contributed by atoms with van der Waals surface area (Å²) in [6, 6.07) is 0. The molecule has 0 aromatic heterocycles. The van der Waals surface area contributed by atoms with Crippen molar-refractivity contribution in [2.24, 2.45) is 0 Å². The lowest BCUT2D eigenvalue weighted by atomic mass is 9.96. The molecule has 0 saturated carbocycles. The van der Waals surface area contributed by atoms with Gasteiger partial charge in [-0.05, 0) is 6.42 Å². The third kappa shape index (κ3) is 17.5. The topological polar surface area (TPSA) is 221 Å². The summed E-state index contributed by atoms with van der Waals surface area (Å²) >= 11 is 0. The van der Waals surface area contributed by atoms with Crippen molar-refractivity contribution in [2.45, 2.75) is 181 Å². The van der Waals surface area contributed by atoms with E-state index >= 15 is 0 Å². The number of ether oxygens (including phenoxy) is 11. The van der Waals surface area contributed by atoms with E-state index in [0.717, 1.165) is 74.1 Å². The Balaban J connectivity index is 2.48. The van der Waals surface area contributed by atoms with Crippen LogP contribution in [-0.4, -0.2) is 123 Å². The minimum Gasteiger partial charge on any atom is -0.463 e. The summed E-state index contributed by atoms with van der Waals surface area (Å²) in [4.78, 5) is 85.9. The molecule has 18 heteroatoms. The molecule has 0 amide bonds. The molecule has 320 valence electrons. The number of carbonyl (C=O) groups is 7. The zero-order chi connectivity index (χ0) is 41.8. The van der Waals surface area contributed by atoms with E-state index in [2.05, 4.69) is 6.92 Å². The maximum absolute atomic E-state index is 12.6. The van der Waals surface area contributed by atoms with Gasteiger partial charge >= 0.3 is 41.8 Å². The molecule has 0 radical (unpaired) electrons. The van der Waals surface area contributed by atoms with E-state index in [9.17, 15) is 33.6 Å². The van der Waals surface area contributed by atoms with Crippen LogP contribution in [0.15, 0.2) is 0 Å². The average molecular weight is 805 g/mol. The van der Waals surface area contributed by atoms with Crippen LogP contribution in [0, 0.1) is 0 Å². The van der Waals surface area contributed by atoms with Gasteiger partial charge in [0.15, 0.2) is 43.1 Å². The van der Waals surface area contributed by atoms with Gasteiger partial charge in [-0.2, -0.15) is 0 Å². The number of unbranched alkanes of at least 4 members (excludes halogenated alkanes) is 9. The molecule has 0 spiro atoms. The third-order valence-electron chi connectivity index (χ3n) is 8.67. The molecule has 0 aromatic carbocycles. The zero-order valence-electron chi connectivity index (χ0n) is 33.8. The Labute approximate surface area is 328 Å². The summed E-state index contributed by atoms with van der Waals surface area (Å²) in [7, 11) is 0. The second-order valence-corrected chi connectivity index (χ2v) is 13.7. The molecule has 2 fully saturated rings. The summed E-state index contributed by atoms with van der Waals surface area (Å²) in [6.45, 7) is 9.01. The van der Waals surface area contributed by atoms with Crippen LogP contribution in [0.1, 0.15) is 120 Å². The Kier molecular flexibility index (Phi) is 21.9. The lowest BCUT2D eigenvalue weighted by Crippen LogP contribution is -2.67. The number of esters is 7. The van der Waals surface area contributed by atoms with Crippen LogP contribution < -0.4 is 0 Å². The number of hydrogen-bond donors (Lipinski definition) is 0. The van der Waals surface area contributed by atoms with Gasteiger partial charge in [0, 0.05) is 55.1 Å². The predicted octanol–water partition coefficient (Wildman–Crippen LogP) is 3.54. The molecule has 18 nitrogen and oxygen atoms in total. The van der Waals surface area contributed by atoms with Gasteiger partial charge < -0.3 is 52.1 Å². The molecule has 2 rings (SSSR count). The van der Waals surface area contributed by atoms with Crippen molar-refractivity contribution in [1.82, 2.24) is 0 Å². The maximum atomic E-state index is 12.6. The standard InChI is InChI=1S/C38H60O18/c1-9-10-11-12-13-14-15-16-17-18-19-46-37-35(52-27(7)44)34(51-26(6)43)32(30(54-37)21-48-23(3)40)56-38-36(53-28(8)45)33(50-25(5)42)31(49-24(4)41)29(55-38)20-47-22(2)39/h29-38H,9-21H2,1-8H3/t29?,30?,31-,32+,33?,34?,35-,36+,37?,38?/m0/s1. The average Bonchev–Trinajstić information content (AvgIpc) is 3.09. The normalized spacial score (nSPS) is 27.3. The van der Waals surface area contributed by atoms with E-state index in [0.29, 0.717) is 6.42 Å². The van der Waals surface area contributed by atoms with Crippen molar-refractivity contribution >= 4 is 41.8 Å². The lowest BCUT2D eigenvalue weighted by Gasteiger charge is -2.48. The fraction of sp³-hybridized carbons (Fsp3) is 0.816. The highest BCUT2D eigenvalue weighted by Gasteiger charge is 2.57. The van der Waals surface area contributed by atoms with Crippen molar-refractivity contribution in [2.75, 3.05) is 19.8 Å². The summed E-state index contributed by atoms with van der Waals surface area (Å²) in [6.07, 6.45) is -4.18.